The molecule has 1 heterocycles. The lowest BCUT2D eigenvalue weighted by atomic mass is 10.1. The normalized spacial score (nSPS) is 23.0. The van der Waals surface area contributed by atoms with E-state index in [1.165, 1.54) is 0 Å². The zero-order valence-corrected chi connectivity index (χ0v) is 13.2. The Balaban J connectivity index is 0.00000220. The predicted molar refractivity (Wildman–Crippen MR) is 83.6 cm³/mol. The number of carbonyl (C=O) groups excluding carboxylic acids is 1. The van der Waals surface area contributed by atoms with Crippen molar-refractivity contribution in [3.63, 3.8) is 0 Å². The van der Waals surface area contributed by atoms with Gasteiger partial charge in [0, 0.05) is 13.1 Å². The van der Waals surface area contributed by atoms with E-state index in [2.05, 4.69) is 10.6 Å². The molecule has 5 nitrogen and oxygen atoms in total. The molecule has 1 fully saturated rings. The van der Waals surface area contributed by atoms with Crippen molar-refractivity contribution in [1.82, 2.24) is 10.6 Å². The highest BCUT2D eigenvalue weighted by atomic mass is 35.5. The molecule has 1 aliphatic rings. The summed E-state index contributed by atoms with van der Waals surface area (Å²) in [6.45, 7) is 5.35. The summed E-state index contributed by atoms with van der Waals surface area (Å²) in [6, 6.07) is 7.28. The highest BCUT2D eigenvalue weighted by molar-refractivity contribution is 5.85. The fraction of sp³-hybridized carbons (Fsp3) is 0.533. The number of ether oxygens (including phenoxy) is 1. The Morgan fingerprint density at radius 1 is 1.48 bits per heavy atom. The first-order valence-electron chi connectivity index (χ1n) is 6.95. The molecule has 1 amide bonds. The molecule has 0 saturated carbocycles. The Bertz CT molecular complexity index is 453. The van der Waals surface area contributed by atoms with Crippen molar-refractivity contribution < 1.29 is 14.6 Å². The van der Waals surface area contributed by atoms with Crippen LogP contribution in [0.15, 0.2) is 24.3 Å². The molecule has 1 saturated heterocycles. The average Bonchev–Trinajstić information content (AvgIpc) is 2.45. The Labute approximate surface area is 131 Å². The molecule has 3 N–H and O–H groups in total. The van der Waals surface area contributed by atoms with Crippen LogP contribution in [0.5, 0.6) is 0 Å². The first-order chi connectivity index (χ1) is 9.58. The maximum atomic E-state index is 12.0. The summed E-state index contributed by atoms with van der Waals surface area (Å²) in [5.74, 6) is -0.136. The van der Waals surface area contributed by atoms with E-state index >= 15 is 0 Å². The van der Waals surface area contributed by atoms with Gasteiger partial charge >= 0.3 is 0 Å². The largest absolute Gasteiger partial charge is 0.387 e. The third kappa shape index (κ3) is 4.97. The number of benzene rings is 1. The minimum atomic E-state index is -0.695. The topological polar surface area (TPSA) is 70.6 Å². The summed E-state index contributed by atoms with van der Waals surface area (Å²) in [5, 5.41) is 15.9. The van der Waals surface area contributed by atoms with Gasteiger partial charge in [0.2, 0.25) is 5.91 Å². The molecule has 0 aromatic heterocycles. The Kier molecular flexibility index (Phi) is 7.11. The van der Waals surface area contributed by atoms with E-state index in [1.807, 2.05) is 38.1 Å². The molecule has 0 bridgehead atoms. The van der Waals surface area contributed by atoms with Crippen LogP contribution < -0.4 is 10.6 Å². The van der Waals surface area contributed by atoms with Crippen molar-refractivity contribution in [1.29, 1.82) is 0 Å². The van der Waals surface area contributed by atoms with Crippen molar-refractivity contribution in [2.75, 3.05) is 19.7 Å². The van der Waals surface area contributed by atoms with E-state index in [9.17, 15) is 9.90 Å². The van der Waals surface area contributed by atoms with Crippen LogP contribution >= 0.6 is 12.4 Å². The van der Waals surface area contributed by atoms with Crippen molar-refractivity contribution in [3.8, 4) is 0 Å². The molecular weight excluding hydrogens is 292 g/mol. The van der Waals surface area contributed by atoms with E-state index in [-0.39, 0.29) is 37.0 Å². The summed E-state index contributed by atoms with van der Waals surface area (Å²) in [6.07, 6.45) is -0.848. The molecule has 0 aliphatic carbocycles. The van der Waals surface area contributed by atoms with Crippen molar-refractivity contribution in [2.24, 2.45) is 0 Å². The number of aliphatic hydroxyl groups excluding tert-OH is 1. The van der Waals surface area contributed by atoms with Crippen LogP contribution in [0.25, 0.3) is 0 Å². The number of hydrogen-bond donors (Lipinski definition) is 3. The zero-order chi connectivity index (χ0) is 14.5. The van der Waals surface area contributed by atoms with Crippen LogP contribution in [-0.2, 0) is 9.53 Å². The van der Waals surface area contributed by atoms with Crippen LogP contribution in [0, 0.1) is 6.92 Å². The van der Waals surface area contributed by atoms with Gasteiger partial charge in [-0.25, -0.2) is 0 Å². The van der Waals surface area contributed by atoms with Gasteiger partial charge in [-0.2, -0.15) is 0 Å². The zero-order valence-electron chi connectivity index (χ0n) is 12.3. The number of morpholine rings is 1. The molecule has 3 atom stereocenters. The van der Waals surface area contributed by atoms with Crippen LogP contribution in [0.1, 0.15) is 24.2 Å². The molecule has 1 aromatic rings. The monoisotopic (exact) mass is 314 g/mol. The molecule has 1 aliphatic heterocycles. The van der Waals surface area contributed by atoms with Crippen LogP contribution in [0.2, 0.25) is 0 Å². The molecule has 1 aromatic carbocycles. The van der Waals surface area contributed by atoms with Crippen LogP contribution in [0.4, 0.5) is 0 Å². The standard InChI is InChI=1S/C15H22N2O3.ClH/c1-10-3-5-12(6-4-10)13(18)9-17-15(19)14-11(2)20-8-7-16-14;/h3-6,11,13-14,16,18H,7-9H2,1-2H3,(H,17,19);1H/t11-,13?,14+;/m1./s1. The predicted octanol–water partition coefficient (Wildman–Crippen LogP) is 0.943. The van der Waals surface area contributed by atoms with Gasteiger partial charge in [0.05, 0.1) is 18.8 Å². The molecule has 0 radical (unpaired) electrons. The summed E-state index contributed by atoms with van der Waals surface area (Å²) in [7, 11) is 0. The average molecular weight is 315 g/mol. The number of rotatable bonds is 4. The molecular formula is C15H23ClN2O3. The Morgan fingerprint density at radius 3 is 2.76 bits per heavy atom. The second-order valence-corrected chi connectivity index (χ2v) is 5.18. The lowest BCUT2D eigenvalue weighted by molar-refractivity contribution is -0.129. The van der Waals surface area contributed by atoms with E-state index < -0.39 is 6.10 Å². The second-order valence-electron chi connectivity index (χ2n) is 5.18. The van der Waals surface area contributed by atoms with Gasteiger partial charge < -0.3 is 20.5 Å². The second kappa shape index (κ2) is 8.34. The summed E-state index contributed by atoms with van der Waals surface area (Å²) < 4.78 is 5.43. The fourth-order valence-electron chi connectivity index (χ4n) is 2.24. The minimum Gasteiger partial charge on any atom is -0.387 e. The molecule has 6 heteroatoms. The maximum absolute atomic E-state index is 12.0. The molecule has 1 unspecified atom stereocenters. The third-order valence-corrected chi connectivity index (χ3v) is 3.53. The van der Waals surface area contributed by atoms with E-state index in [4.69, 9.17) is 4.74 Å². The first kappa shape index (κ1) is 17.9. The Morgan fingerprint density at radius 2 is 2.14 bits per heavy atom. The summed E-state index contributed by atoms with van der Waals surface area (Å²) >= 11 is 0. The van der Waals surface area contributed by atoms with Crippen LogP contribution in [-0.4, -0.2) is 42.9 Å². The van der Waals surface area contributed by atoms with Crippen LogP contribution in [0.3, 0.4) is 0 Å². The number of carbonyl (C=O) groups is 1. The van der Waals surface area contributed by atoms with Crippen molar-refractivity contribution >= 4 is 18.3 Å². The van der Waals surface area contributed by atoms with Gasteiger partial charge in [-0.05, 0) is 19.4 Å². The Hall–Kier alpha value is -1.14. The van der Waals surface area contributed by atoms with Gasteiger partial charge in [-0.3, -0.25) is 4.79 Å². The van der Waals surface area contributed by atoms with Gasteiger partial charge in [-0.1, -0.05) is 29.8 Å². The first-order valence-corrected chi connectivity index (χ1v) is 6.95. The van der Waals surface area contributed by atoms with Gasteiger partial charge in [0.1, 0.15) is 6.04 Å². The van der Waals surface area contributed by atoms with Crippen molar-refractivity contribution in [2.45, 2.75) is 32.1 Å². The van der Waals surface area contributed by atoms with Crippen molar-refractivity contribution in [3.05, 3.63) is 35.4 Å². The number of halogens is 1. The number of nitrogens with one attached hydrogen (secondary N) is 2. The number of hydrogen-bond acceptors (Lipinski definition) is 4. The number of amides is 1. The SMILES string of the molecule is Cc1ccc(C(O)CNC(=O)[C@H]2NCCO[C@@H]2C)cc1.Cl. The van der Waals surface area contributed by atoms with E-state index in [0.717, 1.165) is 11.1 Å². The van der Waals surface area contributed by atoms with E-state index in [1.54, 1.807) is 0 Å². The van der Waals surface area contributed by atoms with Gasteiger partial charge in [0.15, 0.2) is 0 Å². The summed E-state index contributed by atoms with van der Waals surface area (Å²) in [4.78, 5) is 12.0. The quantitative estimate of drug-likeness (QED) is 0.773. The number of aryl methyl sites for hydroxylation is 1. The van der Waals surface area contributed by atoms with E-state index in [0.29, 0.717) is 13.2 Å². The summed E-state index contributed by atoms with van der Waals surface area (Å²) in [5.41, 5.74) is 1.94. The molecule has 118 valence electrons. The third-order valence-electron chi connectivity index (χ3n) is 3.53. The number of aliphatic hydroxyl groups is 1. The van der Waals surface area contributed by atoms with Gasteiger partial charge in [0.25, 0.3) is 0 Å². The maximum Gasteiger partial charge on any atom is 0.239 e. The smallest absolute Gasteiger partial charge is 0.239 e. The minimum absolute atomic E-state index is 0. The lowest BCUT2D eigenvalue weighted by Crippen LogP contribution is -2.55. The fourth-order valence-corrected chi connectivity index (χ4v) is 2.24. The highest BCUT2D eigenvalue weighted by Crippen LogP contribution is 2.13. The van der Waals surface area contributed by atoms with Gasteiger partial charge in [-0.15, -0.1) is 12.4 Å². The molecule has 0 spiro atoms. The lowest BCUT2D eigenvalue weighted by Gasteiger charge is -2.29. The molecule has 2 rings (SSSR count). The molecule has 21 heavy (non-hydrogen) atoms. The highest BCUT2D eigenvalue weighted by Gasteiger charge is 2.28.